The van der Waals surface area contributed by atoms with E-state index in [9.17, 15) is 0 Å². The van der Waals surface area contributed by atoms with Gasteiger partial charge in [-0.1, -0.05) is 6.07 Å². The lowest BCUT2D eigenvalue weighted by Gasteiger charge is -2.10. The fourth-order valence-corrected chi connectivity index (χ4v) is 1.86. The van der Waals surface area contributed by atoms with E-state index in [1.807, 2.05) is 0 Å². The van der Waals surface area contributed by atoms with Crippen molar-refractivity contribution in [1.82, 2.24) is 14.3 Å². The molecular weight excluding hydrogens is 186 g/mol. The number of aromatic nitrogens is 2. The van der Waals surface area contributed by atoms with Crippen molar-refractivity contribution in [3.05, 3.63) is 35.3 Å². The highest BCUT2D eigenvalue weighted by Gasteiger charge is 2.09. The molecule has 0 radical (unpaired) electrons. The Labute approximate surface area is 90.4 Å². The second-order valence-corrected chi connectivity index (χ2v) is 4.27. The minimum absolute atomic E-state index is 0.927. The van der Waals surface area contributed by atoms with Crippen molar-refractivity contribution in [3.8, 4) is 0 Å². The molecule has 0 atom stereocenters. The van der Waals surface area contributed by atoms with E-state index in [4.69, 9.17) is 0 Å². The normalized spacial score (nSPS) is 11.5. The van der Waals surface area contributed by atoms with Gasteiger partial charge in [0.05, 0.1) is 11.4 Å². The highest BCUT2D eigenvalue weighted by molar-refractivity contribution is 5.50. The topological polar surface area (TPSA) is 20.5 Å². The summed E-state index contributed by atoms with van der Waals surface area (Å²) in [5.41, 5.74) is 4.70. The van der Waals surface area contributed by atoms with Crippen LogP contribution in [0.2, 0.25) is 0 Å². The molecule has 0 aromatic carbocycles. The fourth-order valence-electron chi connectivity index (χ4n) is 1.86. The van der Waals surface area contributed by atoms with E-state index >= 15 is 0 Å². The lowest BCUT2D eigenvalue weighted by atomic mass is 10.3. The van der Waals surface area contributed by atoms with Crippen molar-refractivity contribution in [2.75, 3.05) is 14.1 Å². The van der Waals surface area contributed by atoms with Crippen molar-refractivity contribution >= 4 is 5.65 Å². The average Bonchev–Trinajstić information content (AvgIpc) is 2.45. The van der Waals surface area contributed by atoms with Crippen LogP contribution in [-0.4, -0.2) is 28.4 Å². The van der Waals surface area contributed by atoms with Crippen LogP contribution in [0.3, 0.4) is 0 Å². The molecule has 0 spiro atoms. The van der Waals surface area contributed by atoms with Crippen LogP contribution < -0.4 is 0 Å². The first-order chi connectivity index (χ1) is 7.09. The molecule has 0 bridgehead atoms. The number of imidazole rings is 1. The lowest BCUT2D eigenvalue weighted by molar-refractivity contribution is 0.394. The minimum atomic E-state index is 0.927. The van der Waals surface area contributed by atoms with Gasteiger partial charge in [0.15, 0.2) is 0 Å². The summed E-state index contributed by atoms with van der Waals surface area (Å²) in [5, 5.41) is 0. The number of pyridine rings is 1. The van der Waals surface area contributed by atoms with Crippen LogP contribution in [0.15, 0.2) is 18.3 Å². The SMILES string of the molecule is Cc1nc2c(C)cccn2c1CN(C)C. The molecule has 2 heterocycles. The maximum atomic E-state index is 4.60. The van der Waals surface area contributed by atoms with Crippen LogP contribution in [-0.2, 0) is 6.54 Å². The van der Waals surface area contributed by atoms with Crippen molar-refractivity contribution < 1.29 is 0 Å². The van der Waals surface area contributed by atoms with Crippen molar-refractivity contribution in [2.24, 2.45) is 0 Å². The van der Waals surface area contributed by atoms with Crippen molar-refractivity contribution in [3.63, 3.8) is 0 Å². The number of hydrogen-bond donors (Lipinski definition) is 0. The van der Waals surface area contributed by atoms with E-state index in [1.54, 1.807) is 0 Å². The van der Waals surface area contributed by atoms with Crippen molar-refractivity contribution in [1.29, 1.82) is 0 Å². The molecule has 0 saturated carbocycles. The van der Waals surface area contributed by atoms with Gasteiger partial charge in [-0.2, -0.15) is 0 Å². The summed E-state index contributed by atoms with van der Waals surface area (Å²) in [6.45, 7) is 5.10. The van der Waals surface area contributed by atoms with Crippen LogP contribution in [0.25, 0.3) is 5.65 Å². The highest BCUT2D eigenvalue weighted by Crippen LogP contribution is 2.15. The second kappa shape index (κ2) is 3.66. The monoisotopic (exact) mass is 203 g/mol. The maximum absolute atomic E-state index is 4.60. The number of nitrogens with zero attached hydrogens (tertiary/aromatic N) is 3. The van der Waals surface area contributed by atoms with Gasteiger partial charge in [0.1, 0.15) is 5.65 Å². The van der Waals surface area contributed by atoms with Crippen LogP contribution in [0.1, 0.15) is 17.0 Å². The Hall–Kier alpha value is -1.35. The zero-order chi connectivity index (χ0) is 11.0. The molecule has 3 nitrogen and oxygen atoms in total. The van der Waals surface area contributed by atoms with Gasteiger partial charge < -0.3 is 9.30 Å². The smallest absolute Gasteiger partial charge is 0.140 e. The van der Waals surface area contributed by atoms with E-state index in [2.05, 4.69) is 60.6 Å². The van der Waals surface area contributed by atoms with Gasteiger partial charge in [-0.05, 0) is 39.6 Å². The fraction of sp³-hybridized carbons (Fsp3) is 0.417. The Balaban J connectivity index is 2.63. The molecule has 2 aromatic heterocycles. The molecule has 15 heavy (non-hydrogen) atoms. The zero-order valence-corrected chi connectivity index (χ0v) is 9.78. The first kappa shape index (κ1) is 10.2. The van der Waals surface area contributed by atoms with Crippen LogP contribution in [0.5, 0.6) is 0 Å². The third-order valence-corrected chi connectivity index (χ3v) is 2.61. The summed E-state index contributed by atoms with van der Waals surface area (Å²) in [5.74, 6) is 0. The quantitative estimate of drug-likeness (QED) is 0.744. The van der Waals surface area contributed by atoms with Crippen LogP contribution >= 0.6 is 0 Å². The summed E-state index contributed by atoms with van der Waals surface area (Å²) in [6.07, 6.45) is 2.08. The molecule has 0 aliphatic rings. The minimum Gasteiger partial charge on any atom is -0.304 e. The Morgan fingerprint density at radius 3 is 2.73 bits per heavy atom. The molecular formula is C12H17N3. The van der Waals surface area contributed by atoms with Gasteiger partial charge in [-0.3, -0.25) is 0 Å². The second-order valence-electron chi connectivity index (χ2n) is 4.27. The molecule has 0 aliphatic carbocycles. The Kier molecular flexibility index (Phi) is 2.49. The van der Waals surface area contributed by atoms with Crippen molar-refractivity contribution in [2.45, 2.75) is 20.4 Å². The van der Waals surface area contributed by atoms with E-state index in [1.165, 1.54) is 11.3 Å². The molecule has 0 unspecified atom stereocenters. The molecule has 3 heteroatoms. The van der Waals surface area contributed by atoms with Gasteiger partial charge in [0, 0.05) is 12.7 Å². The summed E-state index contributed by atoms with van der Waals surface area (Å²) in [6, 6.07) is 4.17. The van der Waals surface area contributed by atoms with Gasteiger partial charge >= 0.3 is 0 Å². The molecule has 0 amide bonds. The van der Waals surface area contributed by atoms with E-state index in [0.717, 1.165) is 17.9 Å². The average molecular weight is 203 g/mol. The van der Waals surface area contributed by atoms with Gasteiger partial charge in [-0.25, -0.2) is 4.98 Å². The standard InChI is InChI=1S/C12H17N3/c1-9-6-5-7-15-11(8-14(3)4)10(2)13-12(9)15/h5-7H,8H2,1-4H3. The summed E-state index contributed by atoms with van der Waals surface area (Å²) in [4.78, 5) is 6.77. The summed E-state index contributed by atoms with van der Waals surface area (Å²) < 4.78 is 2.19. The number of fused-ring (bicyclic) bond motifs is 1. The van der Waals surface area contributed by atoms with Crippen LogP contribution in [0.4, 0.5) is 0 Å². The first-order valence-electron chi connectivity index (χ1n) is 5.17. The molecule has 0 fully saturated rings. The van der Waals surface area contributed by atoms with Gasteiger partial charge in [0.25, 0.3) is 0 Å². The summed E-state index contributed by atoms with van der Waals surface area (Å²) >= 11 is 0. The number of aryl methyl sites for hydroxylation is 2. The third kappa shape index (κ3) is 1.75. The predicted octanol–water partition coefficient (Wildman–Crippen LogP) is 2.01. The lowest BCUT2D eigenvalue weighted by Crippen LogP contribution is -2.13. The summed E-state index contributed by atoms with van der Waals surface area (Å²) in [7, 11) is 4.16. The number of hydrogen-bond acceptors (Lipinski definition) is 2. The van der Waals surface area contributed by atoms with E-state index in [-0.39, 0.29) is 0 Å². The molecule has 0 N–H and O–H groups in total. The van der Waals surface area contributed by atoms with Gasteiger partial charge in [-0.15, -0.1) is 0 Å². The third-order valence-electron chi connectivity index (χ3n) is 2.61. The maximum Gasteiger partial charge on any atom is 0.140 e. The molecule has 0 saturated heterocycles. The molecule has 2 rings (SSSR count). The Morgan fingerprint density at radius 1 is 1.33 bits per heavy atom. The molecule has 80 valence electrons. The Bertz CT molecular complexity index is 483. The van der Waals surface area contributed by atoms with Crippen LogP contribution in [0, 0.1) is 13.8 Å². The van der Waals surface area contributed by atoms with Gasteiger partial charge in [0.2, 0.25) is 0 Å². The predicted molar refractivity (Wildman–Crippen MR) is 62.1 cm³/mol. The molecule has 2 aromatic rings. The first-order valence-corrected chi connectivity index (χ1v) is 5.17. The zero-order valence-electron chi connectivity index (χ0n) is 9.78. The highest BCUT2D eigenvalue weighted by atomic mass is 15.1. The number of rotatable bonds is 2. The Morgan fingerprint density at radius 2 is 2.07 bits per heavy atom. The van der Waals surface area contributed by atoms with E-state index < -0.39 is 0 Å². The van der Waals surface area contributed by atoms with E-state index in [0.29, 0.717) is 0 Å². The largest absolute Gasteiger partial charge is 0.304 e. The molecule has 0 aliphatic heterocycles.